The molecule has 4 saturated carbocycles. The van der Waals surface area contributed by atoms with Crippen LogP contribution in [-0.4, -0.2) is 155 Å². The van der Waals surface area contributed by atoms with Gasteiger partial charge in [0.15, 0.2) is 0 Å². The number of methoxy groups -OCH3 is 2. The molecule has 0 unspecified atom stereocenters. The normalized spacial score (nSPS) is 31.6. The lowest BCUT2D eigenvalue weighted by Gasteiger charge is -2.30. The van der Waals surface area contributed by atoms with E-state index in [0.29, 0.717) is 49.5 Å². The molecule has 0 aromatic heterocycles. The summed E-state index contributed by atoms with van der Waals surface area (Å²) in [5.41, 5.74) is -2.34. The lowest BCUT2D eigenvalue weighted by Crippen LogP contribution is -2.56. The van der Waals surface area contributed by atoms with Crippen LogP contribution in [0.25, 0.3) is 0 Å². The molecule has 2 saturated heterocycles. The maximum absolute atomic E-state index is 14.1. The number of alkyl carbamates (subject to hydrolysis) is 2. The number of benzene rings is 1. The number of hydrogen-bond acceptors (Lipinski definition) is 15. The van der Waals surface area contributed by atoms with Gasteiger partial charge in [-0.25, -0.2) is 19.2 Å². The molecule has 451 valence electrons. The minimum absolute atomic E-state index is 0. The van der Waals surface area contributed by atoms with E-state index in [2.05, 4.69) is 43.3 Å². The van der Waals surface area contributed by atoms with Crippen LogP contribution >= 0.6 is 15.9 Å². The molecule has 4 N–H and O–H groups in total. The molecule has 4 aliphatic heterocycles. The number of halogens is 1. The molecule has 6 amide bonds. The number of ether oxygens (including phenoxy) is 4. The van der Waals surface area contributed by atoms with Crippen molar-refractivity contribution in [2.75, 3.05) is 27.3 Å². The monoisotopic (exact) mass is 1230 g/mol. The van der Waals surface area contributed by atoms with Crippen LogP contribution < -0.4 is 21.3 Å². The Bertz CT molecular complexity index is 2620. The van der Waals surface area contributed by atoms with Crippen molar-refractivity contribution in [2.45, 2.75) is 214 Å². The first-order valence-electron chi connectivity index (χ1n) is 28.7. The van der Waals surface area contributed by atoms with Crippen LogP contribution in [-0.2, 0) is 62.0 Å². The van der Waals surface area contributed by atoms with E-state index in [1.807, 2.05) is 25.2 Å². The Labute approximate surface area is 493 Å². The van der Waals surface area contributed by atoms with Gasteiger partial charge in [0.1, 0.15) is 47.5 Å². The summed E-state index contributed by atoms with van der Waals surface area (Å²) in [6.07, 6.45) is 21.2. The van der Waals surface area contributed by atoms with Crippen LogP contribution in [0, 0.1) is 17.8 Å². The minimum atomic E-state index is -4.24. The number of nitrogens with zero attached hydrogens (tertiary/aromatic N) is 2. The zero-order valence-electron chi connectivity index (χ0n) is 46.7. The molecule has 3 radical (unpaired) electrons. The Kier molecular flexibility index (Phi) is 23.5. The van der Waals surface area contributed by atoms with E-state index < -0.39 is 87.4 Å². The summed E-state index contributed by atoms with van der Waals surface area (Å²) in [4.78, 5) is 109. The Morgan fingerprint density at radius 1 is 0.610 bits per heavy atom. The van der Waals surface area contributed by atoms with E-state index in [0.717, 1.165) is 96.3 Å². The zero-order chi connectivity index (χ0) is 57.2. The van der Waals surface area contributed by atoms with Crippen molar-refractivity contribution >= 4 is 82.2 Å². The topological polar surface area (TPSA) is 271 Å². The molecule has 10 atom stereocenters. The highest BCUT2D eigenvalue weighted by molar-refractivity contribution is 9.10. The molecule has 82 heavy (non-hydrogen) atoms. The molecule has 4 aliphatic carbocycles. The maximum Gasteiger partial charge on any atom is 0.408 e. The molecule has 0 spiro atoms. The summed E-state index contributed by atoms with van der Waals surface area (Å²) >= 11 is 3.28. The fourth-order valence-electron chi connectivity index (χ4n) is 12.3. The Morgan fingerprint density at radius 3 is 1.49 bits per heavy atom. The summed E-state index contributed by atoms with van der Waals surface area (Å²) < 4.78 is 53.7. The Morgan fingerprint density at radius 2 is 1.04 bits per heavy atom. The van der Waals surface area contributed by atoms with Crippen molar-refractivity contribution in [1.29, 1.82) is 0 Å². The van der Waals surface area contributed by atoms with Gasteiger partial charge in [0, 0.05) is 44.2 Å². The van der Waals surface area contributed by atoms with Gasteiger partial charge in [-0.05, 0) is 139 Å². The quantitative estimate of drug-likeness (QED) is 0.0650. The van der Waals surface area contributed by atoms with Gasteiger partial charge in [-0.2, -0.15) is 8.42 Å². The molecule has 4 heterocycles. The van der Waals surface area contributed by atoms with Gasteiger partial charge in [0.25, 0.3) is 10.1 Å². The fourth-order valence-corrected chi connectivity index (χ4v) is 13.6. The number of allylic oxidation sites excluding steroid dienone is 2. The van der Waals surface area contributed by atoms with Crippen molar-refractivity contribution in [3.05, 3.63) is 53.0 Å². The van der Waals surface area contributed by atoms with Crippen molar-refractivity contribution < 1.29 is 69.9 Å². The van der Waals surface area contributed by atoms with Crippen molar-refractivity contribution in [3.63, 3.8) is 0 Å². The third kappa shape index (κ3) is 16.2. The van der Waals surface area contributed by atoms with E-state index in [9.17, 15) is 46.8 Å². The smallest absolute Gasteiger partial charge is 0.408 e. The number of hydrogen-bond donors (Lipinski definition) is 4. The van der Waals surface area contributed by atoms with Crippen molar-refractivity contribution in [2.24, 2.45) is 17.8 Å². The predicted octanol–water partition coefficient (Wildman–Crippen LogP) is 6.81. The molecule has 21 nitrogen and oxygen atoms in total. The third-order valence-corrected chi connectivity index (χ3v) is 18.8. The summed E-state index contributed by atoms with van der Waals surface area (Å²) in [5.74, 6) is -3.06. The van der Waals surface area contributed by atoms with E-state index in [1.165, 1.54) is 31.3 Å². The number of carbonyl (C=O) groups excluding carboxylic acids is 8. The van der Waals surface area contributed by atoms with Gasteiger partial charge in [0.05, 0.1) is 25.2 Å². The van der Waals surface area contributed by atoms with Crippen molar-refractivity contribution in [3.8, 4) is 0 Å². The van der Waals surface area contributed by atoms with Crippen LogP contribution in [0.3, 0.4) is 0 Å². The van der Waals surface area contributed by atoms with E-state index in [4.69, 9.17) is 23.1 Å². The maximum atomic E-state index is 14.1. The van der Waals surface area contributed by atoms with Gasteiger partial charge in [0.2, 0.25) is 23.6 Å². The average Bonchev–Trinajstić information content (AvgIpc) is 4.05. The number of rotatable bonds is 9. The predicted molar refractivity (Wildman–Crippen MR) is 306 cm³/mol. The van der Waals surface area contributed by atoms with Crippen LogP contribution in [0.1, 0.15) is 156 Å². The molecule has 24 heteroatoms. The lowest BCUT2D eigenvalue weighted by atomic mass is 10.0. The highest BCUT2D eigenvalue weighted by Gasteiger charge is 2.63. The van der Waals surface area contributed by atoms with Crippen LogP contribution in [0.15, 0.2) is 57.9 Å². The molecule has 1 aromatic carbocycles. The van der Waals surface area contributed by atoms with Crippen LogP contribution in [0.5, 0.6) is 0 Å². The number of amides is 6. The molecular weight excluding hydrogens is 1140 g/mol. The van der Waals surface area contributed by atoms with Gasteiger partial charge in [-0.1, -0.05) is 80.3 Å². The molecule has 6 fully saturated rings. The largest absolute Gasteiger partial charge is 0.467 e. The molecule has 0 bridgehead atoms. The average molecular weight is 1230 g/mol. The highest BCUT2D eigenvalue weighted by atomic mass is 79.9. The van der Waals surface area contributed by atoms with Gasteiger partial charge >= 0.3 is 24.1 Å². The zero-order valence-corrected chi connectivity index (χ0v) is 49.1. The molecule has 9 rings (SSSR count). The van der Waals surface area contributed by atoms with Gasteiger partial charge in [-0.3, -0.25) is 23.4 Å². The number of carbonyl (C=O) groups is 8. The third-order valence-electron chi connectivity index (χ3n) is 16.9. The number of fused-ring (bicyclic) bond motifs is 4. The Balaban J connectivity index is 0.000000265. The second-order valence-electron chi connectivity index (χ2n) is 22.9. The first-order chi connectivity index (χ1) is 38.4. The first kappa shape index (κ1) is 65.7. The number of nitrogens with one attached hydrogen (secondary N) is 4. The second-order valence-corrected chi connectivity index (χ2v) is 25.4. The number of esters is 2. The standard InChI is InChI=1S/C31H40BrN3O9S.C26H39N3O6.CH4.B/c1-42-29(38)31-18-20(31)9-5-3-2-4-6-12-25(33-30(39)43-22-10-7-8-11-22)28(37)35-19-23(17-26(35)27(36)34-31)44-45(40,41)24-15-13-21(32)14-16-24;1-17-14-21-22(30)28-26(24(32)34-2)15-18(26)10-6-4-3-5-7-13-20(23(31)29(21)16-17)27-25(33)35-19-11-8-9-12-19;;/h5,9,13-16,20,22-23,25-26H,2-4,6-8,10-12,17-19H2,1H3,(H,33,39)(H,34,36);6,10,17-21H,3-5,7-9,11-16H2,1-2H3,(H,27,33)(H,28,30);1H4;/b9-5-;10-6-;;/t20-,23-,25+,26+,31-;17-,18-,20+,21+,26-;;/m11../s1. The van der Waals surface area contributed by atoms with Gasteiger partial charge < -0.3 is 50.0 Å². The molecular formula is C58H83BBrN6O15S. The molecule has 1 aromatic rings. The van der Waals surface area contributed by atoms with E-state index >= 15 is 0 Å². The Hall–Kier alpha value is -5.49. The van der Waals surface area contributed by atoms with Gasteiger partial charge in [-0.15, -0.1) is 0 Å². The summed E-state index contributed by atoms with van der Waals surface area (Å²) in [6, 6.07) is 2.33. The van der Waals surface area contributed by atoms with E-state index in [-0.39, 0.29) is 75.5 Å². The SMILES string of the molecule is C.COC(=O)[C@@]12C[C@H]1/C=C\CCCCC[C@H](NC(=O)OC1CCCC1)C(=O)N1C[C@H](C)C[C@H]1C(=O)N2.COC(=O)[C@@]12C[C@H]1/C=C\CCCCC[C@H](NC(=O)OC1CCCC1)C(=O)N1C[C@H](OS(=O)(=O)c3ccc(Br)cc3)C[C@H]1C(=O)N2.[B]. The summed E-state index contributed by atoms with van der Waals surface area (Å²) in [5, 5.41) is 11.3. The summed E-state index contributed by atoms with van der Waals surface area (Å²) in [6.45, 7) is 2.22. The first-order valence-corrected chi connectivity index (χ1v) is 30.9. The van der Waals surface area contributed by atoms with Crippen molar-refractivity contribution in [1.82, 2.24) is 31.1 Å². The fraction of sp³-hybridized carbons (Fsp3) is 0.690. The molecule has 8 aliphatic rings. The minimum Gasteiger partial charge on any atom is -0.467 e. The van der Waals surface area contributed by atoms with E-state index in [1.54, 1.807) is 17.0 Å². The second kappa shape index (κ2) is 29.4. The van der Waals surface area contributed by atoms with Crippen LogP contribution in [0.2, 0.25) is 0 Å². The lowest BCUT2D eigenvalue weighted by molar-refractivity contribution is -0.148. The highest BCUT2D eigenvalue weighted by Crippen LogP contribution is 2.47. The summed E-state index contributed by atoms with van der Waals surface area (Å²) in [7, 11) is -1.66. The van der Waals surface area contributed by atoms with Crippen LogP contribution in [0.4, 0.5) is 9.59 Å².